The van der Waals surface area contributed by atoms with Crippen LogP contribution in [0.3, 0.4) is 0 Å². The minimum Gasteiger partial charge on any atom is -0.228 e. The van der Waals surface area contributed by atoms with E-state index in [1.807, 2.05) is 6.07 Å². The van der Waals surface area contributed by atoms with Gasteiger partial charge < -0.3 is 0 Å². The molecular weight excluding hydrogens is 737 g/mol. The van der Waals surface area contributed by atoms with E-state index < -0.39 is 5.41 Å². The average molecular weight is 775 g/mol. The zero-order valence-corrected chi connectivity index (χ0v) is 33.3. The van der Waals surface area contributed by atoms with Crippen molar-refractivity contribution in [1.82, 2.24) is 9.97 Å². The van der Waals surface area contributed by atoms with Gasteiger partial charge in [0.15, 0.2) is 5.82 Å². The predicted octanol–water partition coefficient (Wildman–Crippen LogP) is 15.0. The van der Waals surface area contributed by atoms with Crippen molar-refractivity contribution in [2.24, 2.45) is 0 Å². The fourth-order valence-electron chi connectivity index (χ4n) is 10.1. The van der Waals surface area contributed by atoms with Crippen LogP contribution in [0.25, 0.3) is 88.5 Å². The number of fused-ring (bicyclic) bond motifs is 7. The van der Waals surface area contributed by atoms with Crippen molar-refractivity contribution in [2.45, 2.75) is 5.41 Å². The molecule has 2 nitrogen and oxygen atoms in total. The molecule has 2 heteroatoms. The van der Waals surface area contributed by atoms with E-state index in [9.17, 15) is 0 Å². The van der Waals surface area contributed by atoms with Gasteiger partial charge in [0.1, 0.15) is 0 Å². The normalized spacial score (nSPS) is 12.7. The van der Waals surface area contributed by atoms with E-state index in [0.717, 1.165) is 33.5 Å². The van der Waals surface area contributed by atoms with Crippen molar-refractivity contribution in [2.75, 3.05) is 0 Å². The fraction of sp³-hybridized carbons (Fsp3) is 0.0169. The maximum atomic E-state index is 5.32. The summed E-state index contributed by atoms with van der Waals surface area (Å²) in [4.78, 5) is 10.5. The Morgan fingerprint density at radius 1 is 0.311 bits per heavy atom. The van der Waals surface area contributed by atoms with Crippen molar-refractivity contribution in [3.63, 3.8) is 0 Å². The Labute approximate surface area is 355 Å². The molecule has 0 saturated carbocycles. The highest BCUT2D eigenvalue weighted by molar-refractivity contribution is 6.10. The summed E-state index contributed by atoms with van der Waals surface area (Å²) >= 11 is 0. The van der Waals surface area contributed by atoms with Gasteiger partial charge in [0, 0.05) is 16.7 Å². The summed E-state index contributed by atoms with van der Waals surface area (Å²) in [5.41, 5.74) is 14.4. The third kappa shape index (κ3) is 5.50. The fourth-order valence-corrected chi connectivity index (χ4v) is 10.1. The van der Waals surface area contributed by atoms with Gasteiger partial charge >= 0.3 is 0 Å². The minimum absolute atomic E-state index is 0.570. The average Bonchev–Trinajstić information content (AvgIpc) is 3.66. The van der Waals surface area contributed by atoms with Crippen LogP contribution < -0.4 is 0 Å². The number of hydrogen-bond donors (Lipinski definition) is 0. The first-order valence-corrected chi connectivity index (χ1v) is 21.0. The Bertz CT molecular complexity index is 3420. The summed E-state index contributed by atoms with van der Waals surface area (Å²) in [5, 5.41) is 7.23. The third-order valence-corrected chi connectivity index (χ3v) is 12.7. The van der Waals surface area contributed by atoms with Crippen molar-refractivity contribution in [3.8, 4) is 56.2 Å². The van der Waals surface area contributed by atoms with Crippen molar-refractivity contribution >= 4 is 32.3 Å². The molecule has 284 valence electrons. The first kappa shape index (κ1) is 35.0. The van der Waals surface area contributed by atoms with Gasteiger partial charge in [-0.2, -0.15) is 0 Å². The summed E-state index contributed by atoms with van der Waals surface area (Å²) in [6, 6.07) is 83.7. The number of hydrogen-bond acceptors (Lipinski definition) is 2. The van der Waals surface area contributed by atoms with E-state index in [2.05, 4.69) is 224 Å². The highest BCUT2D eigenvalue weighted by Gasteiger charge is 2.48. The SMILES string of the molecule is c1ccc(-c2nc(-c3ccc4ccccc4c3)cc(-c3ccc(-c4cccc5c4C(c4ccccc4)(c4ccccc4)c4ccc6ccccc6c4-5)c4ccccc34)n2)cc1. The van der Waals surface area contributed by atoms with Gasteiger partial charge in [-0.1, -0.05) is 218 Å². The maximum Gasteiger partial charge on any atom is 0.160 e. The van der Waals surface area contributed by atoms with Gasteiger partial charge in [-0.25, -0.2) is 9.97 Å². The van der Waals surface area contributed by atoms with Crippen molar-refractivity contribution < 1.29 is 0 Å². The second-order valence-corrected chi connectivity index (χ2v) is 16.0. The molecule has 1 heterocycles. The molecule has 0 amide bonds. The molecule has 0 spiro atoms. The lowest BCUT2D eigenvalue weighted by atomic mass is 9.66. The molecule has 61 heavy (non-hydrogen) atoms. The third-order valence-electron chi connectivity index (χ3n) is 12.7. The standard InChI is InChI=1S/C59H38N2/c1-4-19-41(20-5-1)58-60-54(43-32-31-39-17-10-11-21-42(39)37-43)38-55(61-58)50-35-34-49(47-27-14-15-28-48(47)50)51-29-16-30-52-56-46-26-13-12-18-40(46)33-36-53(56)59(57(51)52,44-22-6-2-7-23-44)45-24-8-3-9-25-45/h1-38H. The topological polar surface area (TPSA) is 25.8 Å². The van der Waals surface area contributed by atoms with Gasteiger partial charge in [-0.3, -0.25) is 0 Å². The number of rotatable bonds is 6. The molecule has 1 aliphatic rings. The lowest BCUT2D eigenvalue weighted by molar-refractivity contribution is 0.771. The quantitative estimate of drug-likeness (QED) is 0.168. The van der Waals surface area contributed by atoms with E-state index in [1.165, 1.54) is 71.4 Å². The maximum absolute atomic E-state index is 5.32. The van der Waals surface area contributed by atoms with Crippen LogP contribution >= 0.6 is 0 Å². The highest BCUT2D eigenvalue weighted by Crippen LogP contribution is 2.60. The molecule has 0 N–H and O–H groups in total. The smallest absolute Gasteiger partial charge is 0.160 e. The number of aromatic nitrogens is 2. The molecular formula is C59H38N2. The second-order valence-electron chi connectivity index (χ2n) is 16.0. The Morgan fingerprint density at radius 3 is 1.61 bits per heavy atom. The van der Waals surface area contributed by atoms with Crippen LogP contribution in [0.1, 0.15) is 22.3 Å². The van der Waals surface area contributed by atoms with Crippen LogP contribution in [0.5, 0.6) is 0 Å². The molecule has 0 fully saturated rings. The van der Waals surface area contributed by atoms with Crippen LogP contribution in [0, 0.1) is 0 Å². The van der Waals surface area contributed by atoms with E-state index >= 15 is 0 Å². The first-order chi connectivity index (χ1) is 30.3. The van der Waals surface area contributed by atoms with Crippen molar-refractivity contribution in [1.29, 1.82) is 0 Å². The van der Waals surface area contributed by atoms with Gasteiger partial charge in [0.05, 0.1) is 16.8 Å². The van der Waals surface area contributed by atoms with Crippen molar-refractivity contribution in [3.05, 3.63) is 253 Å². The monoisotopic (exact) mass is 774 g/mol. The Hall–Kier alpha value is -7.94. The first-order valence-electron chi connectivity index (χ1n) is 21.0. The Kier molecular flexibility index (Phi) is 8.11. The lowest BCUT2D eigenvalue weighted by Crippen LogP contribution is -2.29. The van der Waals surface area contributed by atoms with Crippen LogP contribution in [-0.4, -0.2) is 9.97 Å². The molecule has 11 aromatic rings. The van der Waals surface area contributed by atoms with Crippen LogP contribution in [0.15, 0.2) is 231 Å². The summed E-state index contributed by atoms with van der Waals surface area (Å²) in [5.74, 6) is 0.704. The van der Waals surface area contributed by atoms with E-state index in [-0.39, 0.29) is 0 Å². The molecule has 0 unspecified atom stereocenters. The Balaban J connectivity index is 1.13. The zero-order chi connectivity index (χ0) is 40.3. The molecule has 12 rings (SSSR count). The van der Waals surface area contributed by atoms with E-state index in [1.54, 1.807) is 0 Å². The van der Waals surface area contributed by atoms with Gasteiger partial charge in [-0.15, -0.1) is 0 Å². The lowest BCUT2D eigenvalue weighted by Gasteiger charge is -2.35. The van der Waals surface area contributed by atoms with E-state index in [4.69, 9.17) is 9.97 Å². The summed E-state index contributed by atoms with van der Waals surface area (Å²) in [6.45, 7) is 0. The molecule has 0 bridgehead atoms. The van der Waals surface area contributed by atoms with E-state index in [0.29, 0.717) is 5.82 Å². The second kappa shape index (κ2) is 14.1. The predicted molar refractivity (Wildman–Crippen MR) is 254 cm³/mol. The zero-order valence-electron chi connectivity index (χ0n) is 33.3. The summed E-state index contributed by atoms with van der Waals surface area (Å²) in [7, 11) is 0. The van der Waals surface area contributed by atoms with Crippen LogP contribution in [0.4, 0.5) is 0 Å². The molecule has 0 aliphatic heterocycles. The molecule has 1 aliphatic carbocycles. The summed E-state index contributed by atoms with van der Waals surface area (Å²) in [6.07, 6.45) is 0. The van der Waals surface area contributed by atoms with Crippen LogP contribution in [0.2, 0.25) is 0 Å². The minimum atomic E-state index is -0.570. The molecule has 10 aromatic carbocycles. The number of benzene rings is 10. The summed E-state index contributed by atoms with van der Waals surface area (Å²) < 4.78 is 0. The molecule has 0 atom stereocenters. The Morgan fingerprint density at radius 2 is 0.869 bits per heavy atom. The van der Waals surface area contributed by atoms with Crippen LogP contribution in [-0.2, 0) is 5.41 Å². The molecule has 1 aromatic heterocycles. The van der Waals surface area contributed by atoms with Gasteiger partial charge in [-0.05, 0) is 89.0 Å². The highest BCUT2D eigenvalue weighted by atomic mass is 14.9. The van der Waals surface area contributed by atoms with Gasteiger partial charge in [0.2, 0.25) is 0 Å². The molecule has 0 radical (unpaired) electrons. The van der Waals surface area contributed by atoms with Gasteiger partial charge in [0.25, 0.3) is 0 Å². The molecule has 0 saturated heterocycles. The number of nitrogens with zero attached hydrogens (tertiary/aromatic N) is 2. The largest absolute Gasteiger partial charge is 0.228 e.